The lowest BCUT2D eigenvalue weighted by Gasteiger charge is -2.36. The van der Waals surface area contributed by atoms with E-state index in [1.54, 1.807) is 26.8 Å². The molecule has 0 bridgehead atoms. The van der Waals surface area contributed by atoms with Crippen molar-refractivity contribution in [2.75, 3.05) is 33.7 Å². The molecule has 0 aromatic carbocycles. The van der Waals surface area contributed by atoms with Crippen molar-refractivity contribution in [3.05, 3.63) is 11.8 Å². The number of rotatable bonds is 11. The Hall–Kier alpha value is -1.31. The molecule has 11 heteroatoms. The number of hydrogen-bond acceptors (Lipinski definition) is 11. The minimum Gasteiger partial charge on any atom is -0.459 e. The number of aliphatic hydroxyl groups excluding tert-OH is 3. The largest absolute Gasteiger partial charge is 0.459 e. The first kappa shape index (κ1) is 38.7. The van der Waals surface area contributed by atoms with Crippen LogP contribution in [-0.2, 0) is 19.0 Å². The molecule has 6 unspecified atom stereocenters. The third-order valence-electron chi connectivity index (χ3n) is 8.70. The topological polar surface area (TPSA) is 158 Å². The van der Waals surface area contributed by atoms with E-state index < -0.39 is 54.3 Å². The number of aliphatic hydroxyl groups is 4. The van der Waals surface area contributed by atoms with Crippen LogP contribution in [0, 0.1) is 17.8 Å². The van der Waals surface area contributed by atoms with E-state index in [9.17, 15) is 25.2 Å². The fraction of sp³-hybridized carbons (Fsp3) is 0.903. The summed E-state index contributed by atoms with van der Waals surface area (Å²) in [5.74, 6) is -2.44. The molecule has 11 nitrogen and oxygen atoms in total. The zero-order valence-corrected chi connectivity index (χ0v) is 27.7. The molecule has 248 valence electrons. The van der Waals surface area contributed by atoms with Gasteiger partial charge in [0, 0.05) is 31.2 Å². The molecule has 0 saturated heterocycles. The van der Waals surface area contributed by atoms with E-state index in [0.717, 1.165) is 18.7 Å². The lowest BCUT2D eigenvalue weighted by molar-refractivity contribution is -0.317. The van der Waals surface area contributed by atoms with Gasteiger partial charge in [0.05, 0.1) is 30.3 Å². The van der Waals surface area contributed by atoms with E-state index in [4.69, 9.17) is 19.9 Å². The zero-order chi connectivity index (χ0) is 32.4. The number of esters is 1. The Bertz CT molecular complexity index is 828. The molecule has 1 aliphatic heterocycles. The summed E-state index contributed by atoms with van der Waals surface area (Å²) in [6, 6.07) is 0.179. The number of hydrogen-bond donors (Lipinski definition) is 5. The van der Waals surface area contributed by atoms with Gasteiger partial charge in [-0.15, -0.1) is 0 Å². The highest BCUT2D eigenvalue weighted by molar-refractivity contribution is 5.73. The van der Waals surface area contributed by atoms with Gasteiger partial charge in [-0.1, -0.05) is 20.8 Å². The maximum atomic E-state index is 13.1. The lowest BCUT2D eigenvalue weighted by atomic mass is 9.84. The van der Waals surface area contributed by atoms with Gasteiger partial charge in [-0.3, -0.25) is 4.79 Å². The Balaban J connectivity index is 3.19. The van der Waals surface area contributed by atoms with Gasteiger partial charge in [0.1, 0.15) is 11.7 Å². The monoisotopic (exact) mass is 603 g/mol. The molecule has 42 heavy (non-hydrogen) atoms. The Morgan fingerprint density at radius 1 is 1.26 bits per heavy atom. The predicted molar refractivity (Wildman–Crippen MR) is 163 cm³/mol. The number of carbonyl (C=O) groups excluding carboxylic acids is 1. The molecule has 0 fully saturated rings. The summed E-state index contributed by atoms with van der Waals surface area (Å²) in [5, 5.41) is 44.6. The van der Waals surface area contributed by atoms with Crippen molar-refractivity contribution < 1.29 is 39.4 Å². The van der Waals surface area contributed by atoms with Crippen LogP contribution >= 0.6 is 0 Å². The van der Waals surface area contributed by atoms with Crippen LogP contribution < -0.4 is 5.73 Å². The molecule has 0 aliphatic carbocycles. The van der Waals surface area contributed by atoms with Crippen molar-refractivity contribution in [2.45, 2.75) is 130 Å². The van der Waals surface area contributed by atoms with Gasteiger partial charge in [0.25, 0.3) is 6.48 Å². The van der Waals surface area contributed by atoms with Gasteiger partial charge < -0.3 is 50.2 Å². The normalized spacial score (nSPS) is 35.9. The average molecular weight is 604 g/mol. The van der Waals surface area contributed by atoms with Crippen molar-refractivity contribution in [1.82, 2.24) is 9.80 Å². The van der Waals surface area contributed by atoms with Gasteiger partial charge >= 0.3 is 5.97 Å². The van der Waals surface area contributed by atoms with E-state index in [-0.39, 0.29) is 18.1 Å². The van der Waals surface area contributed by atoms with E-state index in [1.165, 1.54) is 0 Å². The summed E-state index contributed by atoms with van der Waals surface area (Å²) in [5.41, 5.74) is 4.99. The second-order valence-electron chi connectivity index (χ2n) is 12.8. The second kappa shape index (κ2) is 17.9. The number of cyclic esters (lactones) is 1. The van der Waals surface area contributed by atoms with E-state index in [0.29, 0.717) is 32.4 Å². The highest BCUT2D eigenvalue weighted by Gasteiger charge is 2.41. The molecular weight excluding hydrogens is 542 g/mol. The maximum absolute atomic E-state index is 13.1. The van der Waals surface area contributed by atoms with Crippen LogP contribution in [0.15, 0.2) is 11.8 Å². The number of ether oxygens (including phenoxy) is 3. The Labute approximate surface area is 254 Å². The number of nitrogens with zero attached hydrogens (tertiary/aromatic N) is 2. The third-order valence-corrected chi connectivity index (χ3v) is 8.70. The van der Waals surface area contributed by atoms with Crippen molar-refractivity contribution in [2.24, 2.45) is 23.5 Å². The van der Waals surface area contributed by atoms with Crippen LogP contribution in [0.5, 0.6) is 0 Å². The second-order valence-corrected chi connectivity index (χ2v) is 12.8. The van der Waals surface area contributed by atoms with Gasteiger partial charge in [-0.25, -0.2) is 0 Å². The van der Waals surface area contributed by atoms with Crippen LogP contribution in [0.2, 0.25) is 0 Å². The zero-order valence-electron chi connectivity index (χ0n) is 27.7. The minimum atomic E-state index is -1.65. The van der Waals surface area contributed by atoms with Crippen LogP contribution in [-0.4, -0.2) is 119 Å². The molecule has 0 amide bonds. The first-order valence-corrected chi connectivity index (χ1v) is 15.5. The molecule has 1 rings (SSSR count). The summed E-state index contributed by atoms with van der Waals surface area (Å²) in [6.45, 7) is 14.8. The molecule has 11 atom stereocenters. The highest BCUT2D eigenvalue weighted by atomic mass is 16.8. The molecule has 0 aromatic heterocycles. The minimum absolute atomic E-state index is 0.0157. The summed E-state index contributed by atoms with van der Waals surface area (Å²) in [7, 11) is 3.91. The summed E-state index contributed by atoms with van der Waals surface area (Å²) in [4.78, 5) is 17.3. The quantitative estimate of drug-likeness (QED) is 0.174. The van der Waals surface area contributed by atoms with Crippen LogP contribution in [0.1, 0.15) is 81.1 Å². The third kappa shape index (κ3) is 12.0. The van der Waals surface area contributed by atoms with Crippen LogP contribution in [0.3, 0.4) is 0 Å². The summed E-state index contributed by atoms with van der Waals surface area (Å²) < 4.78 is 17.3. The number of carbonyl (C=O) groups is 1. The van der Waals surface area contributed by atoms with E-state index in [1.807, 2.05) is 46.7 Å². The molecule has 1 aliphatic rings. The van der Waals surface area contributed by atoms with Crippen molar-refractivity contribution in [3.8, 4) is 0 Å². The van der Waals surface area contributed by atoms with Gasteiger partial charge in [-0.05, 0) is 92.4 Å². The average Bonchev–Trinajstić information content (AvgIpc) is 2.90. The summed E-state index contributed by atoms with van der Waals surface area (Å²) in [6.07, 6.45) is -0.689. The Morgan fingerprint density at radius 3 is 2.45 bits per heavy atom. The fourth-order valence-electron chi connectivity index (χ4n) is 5.72. The molecule has 6 N–H and O–H groups in total. The van der Waals surface area contributed by atoms with Crippen LogP contribution in [0.4, 0.5) is 0 Å². The van der Waals surface area contributed by atoms with Crippen molar-refractivity contribution in [3.63, 3.8) is 0 Å². The molecular formula is C31H61N3O8. The van der Waals surface area contributed by atoms with Crippen LogP contribution in [0.25, 0.3) is 0 Å². The van der Waals surface area contributed by atoms with E-state index in [2.05, 4.69) is 11.8 Å². The number of allylic oxidation sites excluding steroid dienone is 1. The Morgan fingerprint density at radius 2 is 1.88 bits per heavy atom. The SMILES string of the molecule is CC[C@@H]1OC(=O)C(C)[C@H](O)[C@@H](C)C(OC(O)OC(C)CC(C)N(C)CCCN)[C@H](O)C[C@H](C)CN(C)/C(C)=C/C1(C)O. The van der Waals surface area contributed by atoms with Gasteiger partial charge in [-0.2, -0.15) is 0 Å². The molecule has 0 aromatic rings. The lowest BCUT2D eigenvalue weighted by Crippen LogP contribution is -2.48. The first-order chi connectivity index (χ1) is 19.4. The molecule has 0 spiro atoms. The predicted octanol–water partition coefficient (Wildman–Crippen LogP) is 2.05. The van der Waals surface area contributed by atoms with Gasteiger partial charge in [0.2, 0.25) is 0 Å². The highest BCUT2D eigenvalue weighted by Crippen LogP contribution is 2.29. The first-order valence-electron chi connectivity index (χ1n) is 15.5. The molecule has 0 radical (unpaired) electrons. The summed E-state index contributed by atoms with van der Waals surface area (Å²) >= 11 is 0. The van der Waals surface area contributed by atoms with Crippen molar-refractivity contribution >= 4 is 5.97 Å². The molecule has 1 heterocycles. The smallest absolute Gasteiger partial charge is 0.311 e. The standard InChI is InChI=1S/C31H61N3O8/c1-11-26-31(8,39)17-21(4)34(10)18-19(2)15-25(35)28(23(6)27(36)24(7)29(37)41-26)42-30(38)40-22(5)16-20(3)33(9)14-12-13-32/h17,19-20,22-28,30,35-36,38-39H,11-16,18,32H2,1-10H3/b21-17+/t19-,20?,22?,23+,24?,25+,26-,27+,28?,30?,31?/m0/s1. The van der Waals surface area contributed by atoms with Crippen molar-refractivity contribution in [1.29, 1.82) is 0 Å². The van der Waals surface area contributed by atoms with E-state index >= 15 is 0 Å². The fourth-order valence-corrected chi connectivity index (χ4v) is 5.72. The maximum Gasteiger partial charge on any atom is 0.311 e. The Kier molecular flexibility index (Phi) is 16.5. The number of nitrogens with two attached hydrogens (primary N) is 1. The van der Waals surface area contributed by atoms with Gasteiger partial charge in [0.15, 0.2) is 0 Å². The molecule has 0 saturated carbocycles.